The average molecular weight is 396 g/mol. The van der Waals surface area contributed by atoms with E-state index in [1.54, 1.807) is 17.6 Å². The summed E-state index contributed by atoms with van der Waals surface area (Å²) in [4.78, 5) is 16.8. The summed E-state index contributed by atoms with van der Waals surface area (Å²) < 4.78 is 50.3. The summed E-state index contributed by atoms with van der Waals surface area (Å²) in [6.07, 6.45) is 0.757. The molecule has 0 bridgehead atoms. The number of nitrogens with zero attached hydrogens (tertiary/aromatic N) is 1. The Balaban J connectivity index is 1.85. The van der Waals surface area contributed by atoms with Crippen LogP contribution in [0.3, 0.4) is 0 Å². The van der Waals surface area contributed by atoms with Gasteiger partial charge in [0.2, 0.25) is 11.3 Å². The van der Waals surface area contributed by atoms with Crippen LogP contribution in [0.25, 0.3) is 10.2 Å². The molecule has 3 aromatic rings. The van der Waals surface area contributed by atoms with Gasteiger partial charge in [-0.3, -0.25) is 9.35 Å². The monoisotopic (exact) mass is 396 g/mol. The lowest BCUT2D eigenvalue weighted by atomic mass is 9.98. The maximum absolute atomic E-state index is 14.2. The molecule has 1 heterocycles. The van der Waals surface area contributed by atoms with E-state index >= 15 is 0 Å². The topological polar surface area (TPSA) is 79.3 Å². The molecule has 0 fully saturated rings. The lowest BCUT2D eigenvalue weighted by Crippen LogP contribution is -2.18. The molecule has 0 aliphatic carbocycles. The standard InChI is InChI=1S/C17H14F2N2O3S2/c18-13-7-10(2-1-5-21-26(23)24)6-12(16(13)19)17(22)11-3-4-14-15(8-11)25-9-20-14/h3-4,6-9,21H,1-2,5H2,(H,23,24). The number of aromatic nitrogens is 1. The van der Waals surface area contributed by atoms with Gasteiger partial charge in [-0.2, -0.15) is 0 Å². The van der Waals surface area contributed by atoms with Crippen molar-refractivity contribution < 1.29 is 22.3 Å². The van der Waals surface area contributed by atoms with Gasteiger partial charge in [-0.15, -0.1) is 11.3 Å². The Morgan fingerprint density at radius 2 is 2.08 bits per heavy atom. The lowest BCUT2D eigenvalue weighted by Gasteiger charge is -2.08. The molecule has 0 spiro atoms. The van der Waals surface area contributed by atoms with Crippen LogP contribution in [0.2, 0.25) is 0 Å². The molecular weight excluding hydrogens is 382 g/mol. The number of hydrogen-bond acceptors (Lipinski definition) is 4. The quantitative estimate of drug-likeness (QED) is 0.364. The first-order valence-corrected chi connectivity index (χ1v) is 9.64. The highest BCUT2D eigenvalue weighted by atomic mass is 32.2. The second kappa shape index (κ2) is 8.09. The van der Waals surface area contributed by atoms with Crippen LogP contribution >= 0.6 is 11.3 Å². The SMILES string of the molecule is O=C(c1ccc2ncsc2c1)c1cc(CCCNS(=O)O)cc(F)c1F. The number of hydrogen-bond donors (Lipinski definition) is 2. The number of halogens is 2. The molecule has 5 nitrogen and oxygen atoms in total. The maximum atomic E-state index is 14.2. The molecule has 0 aliphatic rings. The van der Waals surface area contributed by atoms with Gasteiger partial charge in [-0.05, 0) is 48.7 Å². The van der Waals surface area contributed by atoms with Crippen LogP contribution in [0, 0.1) is 11.6 Å². The van der Waals surface area contributed by atoms with E-state index in [1.807, 2.05) is 0 Å². The zero-order chi connectivity index (χ0) is 18.7. The molecule has 2 N–H and O–H groups in total. The van der Waals surface area contributed by atoms with E-state index in [4.69, 9.17) is 4.55 Å². The van der Waals surface area contributed by atoms with Crippen molar-refractivity contribution in [3.05, 3.63) is 64.2 Å². The molecule has 0 radical (unpaired) electrons. The number of ketones is 1. The minimum Gasteiger partial charge on any atom is -0.294 e. The Hall–Kier alpha value is -2.07. The Morgan fingerprint density at radius 3 is 2.85 bits per heavy atom. The van der Waals surface area contributed by atoms with Crippen molar-refractivity contribution in [2.24, 2.45) is 0 Å². The van der Waals surface area contributed by atoms with Crippen LogP contribution in [0.15, 0.2) is 35.8 Å². The molecule has 2 aromatic carbocycles. The molecule has 9 heteroatoms. The van der Waals surface area contributed by atoms with Crippen molar-refractivity contribution in [2.45, 2.75) is 12.8 Å². The Labute approximate surface area is 154 Å². The summed E-state index contributed by atoms with van der Waals surface area (Å²) in [7, 11) is 0. The Morgan fingerprint density at radius 1 is 1.27 bits per heavy atom. The van der Waals surface area contributed by atoms with E-state index in [0.717, 1.165) is 16.3 Å². The first kappa shape index (κ1) is 18.7. The predicted octanol–water partition coefficient (Wildman–Crippen LogP) is 3.46. The second-order valence-electron chi connectivity index (χ2n) is 5.55. The third-order valence-electron chi connectivity index (χ3n) is 3.79. The largest absolute Gasteiger partial charge is 0.294 e. The van der Waals surface area contributed by atoms with Gasteiger partial charge < -0.3 is 0 Å². The number of carbonyl (C=O) groups excluding carboxylic acids is 1. The van der Waals surface area contributed by atoms with Crippen LogP contribution in [-0.2, 0) is 17.7 Å². The summed E-state index contributed by atoms with van der Waals surface area (Å²) >= 11 is -0.762. The third-order valence-corrected chi connectivity index (χ3v) is 5.04. The highest BCUT2D eigenvalue weighted by molar-refractivity contribution is 7.77. The minimum atomic E-state index is -2.12. The van der Waals surface area contributed by atoms with E-state index in [1.165, 1.54) is 23.5 Å². The Bertz CT molecular complexity index is 991. The van der Waals surface area contributed by atoms with E-state index in [2.05, 4.69) is 9.71 Å². The molecule has 0 amide bonds. The van der Waals surface area contributed by atoms with Crippen molar-refractivity contribution in [3.8, 4) is 0 Å². The summed E-state index contributed by atoms with van der Waals surface area (Å²) in [5.74, 6) is -2.88. The lowest BCUT2D eigenvalue weighted by molar-refractivity contribution is 0.103. The average Bonchev–Trinajstić information content (AvgIpc) is 3.08. The zero-order valence-corrected chi connectivity index (χ0v) is 15.0. The second-order valence-corrected chi connectivity index (χ2v) is 7.22. The highest BCUT2D eigenvalue weighted by Crippen LogP contribution is 2.23. The third kappa shape index (κ3) is 4.18. The summed E-state index contributed by atoms with van der Waals surface area (Å²) in [6.45, 7) is 0.230. The number of fused-ring (bicyclic) bond motifs is 1. The van der Waals surface area contributed by atoms with E-state index in [9.17, 15) is 17.8 Å². The molecule has 1 atom stereocenters. The summed E-state index contributed by atoms with van der Waals surface area (Å²) in [6, 6.07) is 7.18. The van der Waals surface area contributed by atoms with Crippen molar-refractivity contribution in [1.29, 1.82) is 0 Å². The van der Waals surface area contributed by atoms with Gasteiger partial charge in [-0.25, -0.2) is 22.7 Å². The molecule has 0 saturated carbocycles. The Kier molecular flexibility index (Phi) is 5.82. The molecule has 3 rings (SSSR count). The first-order valence-electron chi connectivity index (χ1n) is 7.66. The van der Waals surface area contributed by atoms with Crippen LogP contribution < -0.4 is 4.72 Å². The number of benzene rings is 2. The first-order chi connectivity index (χ1) is 12.5. The van der Waals surface area contributed by atoms with Crippen LogP contribution in [0.4, 0.5) is 8.78 Å². The van der Waals surface area contributed by atoms with Crippen molar-refractivity contribution >= 4 is 38.6 Å². The zero-order valence-electron chi connectivity index (χ0n) is 13.4. The van der Waals surface area contributed by atoms with Crippen molar-refractivity contribution in [3.63, 3.8) is 0 Å². The fourth-order valence-electron chi connectivity index (χ4n) is 2.56. The molecule has 1 aromatic heterocycles. The molecule has 26 heavy (non-hydrogen) atoms. The van der Waals surface area contributed by atoms with Gasteiger partial charge >= 0.3 is 0 Å². The predicted molar refractivity (Wildman–Crippen MR) is 96.5 cm³/mol. The number of aryl methyl sites for hydroxylation is 1. The smallest absolute Gasteiger partial charge is 0.231 e. The number of carbonyl (C=O) groups is 1. The highest BCUT2D eigenvalue weighted by Gasteiger charge is 2.19. The van der Waals surface area contributed by atoms with Crippen LogP contribution in [0.1, 0.15) is 27.9 Å². The van der Waals surface area contributed by atoms with Crippen LogP contribution in [-0.4, -0.2) is 26.1 Å². The summed E-state index contributed by atoms with van der Waals surface area (Å²) in [5.41, 5.74) is 2.75. The van der Waals surface area contributed by atoms with E-state index < -0.39 is 28.7 Å². The van der Waals surface area contributed by atoms with Gasteiger partial charge in [0.15, 0.2) is 17.4 Å². The molecule has 136 valence electrons. The molecular formula is C17H14F2N2O3S2. The fourth-order valence-corrected chi connectivity index (χ4v) is 3.59. The maximum Gasteiger partial charge on any atom is 0.231 e. The number of thiazole rings is 1. The fraction of sp³-hybridized carbons (Fsp3) is 0.176. The normalized spacial score (nSPS) is 12.4. The van der Waals surface area contributed by atoms with Crippen molar-refractivity contribution in [2.75, 3.05) is 6.54 Å². The molecule has 1 unspecified atom stereocenters. The van der Waals surface area contributed by atoms with Crippen LogP contribution in [0.5, 0.6) is 0 Å². The van der Waals surface area contributed by atoms with Gasteiger partial charge in [0.25, 0.3) is 0 Å². The van der Waals surface area contributed by atoms with Gasteiger partial charge in [0.05, 0.1) is 21.3 Å². The molecule has 0 aliphatic heterocycles. The van der Waals surface area contributed by atoms with Gasteiger partial charge in [-0.1, -0.05) is 0 Å². The summed E-state index contributed by atoms with van der Waals surface area (Å²) in [5, 5.41) is 0. The van der Waals surface area contributed by atoms with E-state index in [0.29, 0.717) is 18.4 Å². The molecule has 0 saturated heterocycles. The van der Waals surface area contributed by atoms with Crippen molar-refractivity contribution in [1.82, 2.24) is 9.71 Å². The minimum absolute atomic E-state index is 0.230. The number of nitrogens with one attached hydrogen (secondary N) is 1. The van der Waals surface area contributed by atoms with Gasteiger partial charge in [0.1, 0.15) is 0 Å². The number of rotatable bonds is 7. The van der Waals surface area contributed by atoms with Gasteiger partial charge in [0, 0.05) is 12.1 Å². The van der Waals surface area contributed by atoms with E-state index in [-0.39, 0.29) is 17.7 Å².